The molecule has 0 N–H and O–H groups in total. The third-order valence-corrected chi connectivity index (χ3v) is 4.50. The first kappa shape index (κ1) is 13.6. The molecule has 3 nitrogen and oxygen atoms in total. The Bertz CT molecular complexity index is 223. The first-order valence-corrected chi connectivity index (χ1v) is 6.19. The summed E-state index contributed by atoms with van der Waals surface area (Å²) in [6.07, 6.45) is 0.865. The number of ether oxygens (including phenoxy) is 1. The lowest BCUT2D eigenvalue weighted by atomic mass is 9.97. The van der Waals surface area contributed by atoms with Crippen LogP contribution in [0.5, 0.6) is 0 Å². The summed E-state index contributed by atoms with van der Waals surface area (Å²) in [7, 11) is 0.400. The second kappa shape index (κ2) is 5.49. The fourth-order valence-corrected chi connectivity index (χ4v) is 2.50. The van der Waals surface area contributed by atoms with E-state index in [1.165, 1.54) is 7.11 Å². The maximum atomic E-state index is 11.7. The van der Waals surface area contributed by atoms with Gasteiger partial charge in [-0.25, -0.2) is 0 Å². The predicted molar refractivity (Wildman–Crippen MR) is 58.6 cm³/mol. The molecular weight excluding hydrogens is 200 g/mol. The molecule has 0 aliphatic carbocycles. The van der Waals surface area contributed by atoms with E-state index in [1.54, 1.807) is 13.8 Å². The van der Waals surface area contributed by atoms with E-state index < -0.39 is 16.2 Å². The zero-order valence-electron chi connectivity index (χ0n) is 9.62. The van der Waals surface area contributed by atoms with E-state index in [2.05, 4.69) is 4.74 Å². The zero-order valence-corrected chi connectivity index (χ0v) is 10.4. The summed E-state index contributed by atoms with van der Waals surface area (Å²) in [5, 5.41) is 0.138. The molecule has 14 heavy (non-hydrogen) atoms. The third-order valence-electron chi connectivity index (χ3n) is 2.26. The monoisotopic (exact) mass is 220 g/mol. The van der Waals surface area contributed by atoms with E-state index in [-0.39, 0.29) is 11.2 Å². The van der Waals surface area contributed by atoms with Gasteiger partial charge in [0, 0.05) is 21.8 Å². The van der Waals surface area contributed by atoms with Crippen molar-refractivity contribution < 1.29 is 13.7 Å². The van der Waals surface area contributed by atoms with Gasteiger partial charge < -0.3 is 4.74 Å². The van der Waals surface area contributed by atoms with Gasteiger partial charge in [-0.3, -0.25) is 9.00 Å². The molecule has 0 radical (unpaired) electrons. The highest BCUT2D eigenvalue weighted by Crippen LogP contribution is 2.20. The molecule has 0 saturated heterocycles. The minimum Gasteiger partial charge on any atom is -0.469 e. The molecule has 0 spiro atoms. The second-order valence-corrected chi connectivity index (χ2v) is 5.97. The van der Waals surface area contributed by atoms with Crippen LogP contribution in [-0.4, -0.2) is 28.3 Å². The molecule has 4 heteroatoms. The van der Waals surface area contributed by atoms with Crippen LogP contribution in [0.3, 0.4) is 0 Å². The minimum atomic E-state index is -0.957. The number of carbonyl (C=O) groups excluding carboxylic acids is 1. The number of carbonyl (C=O) groups is 1. The molecule has 84 valence electrons. The maximum absolute atomic E-state index is 11.7. The molecule has 0 aromatic rings. The van der Waals surface area contributed by atoms with Crippen molar-refractivity contribution in [1.82, 2.24) is 0 Å². The highest BCUT2D eigenvalue weighted by Gasteiger charge is 2.31. The number of esters is 1. The average molecular weight is 220 g/mol. The molecule has 0 aromatic carbocycles. The summed E-state index contributed by atoms with van der Waals surface area (Å²) in [6, 6.07) is 0. The quantitative estimate of drug-likeness (QED) is 0.663. The number of methoxy groups -OCH3 is 1. The highest BCUT2D eigenvalue weighted by atomic mass is 32.2. The van der Waals surface area contributed by atoms with Crippen LogP contribution in [0.25, 0.3) is 0 Å². The summed E-state index contributed by atoms with van der Waals surface area (Å²) < 4.78 is 16.4. The molecule has 0 heterocycles. The molecule has 0 aromatic heterocycles. The summed E-state index contributed by atoms with van der Waals surface area (Å²) in [6.45, 7) is 7.45. The summed E-state index contributed by atoms with van der Waals surface area (Å²) in [5.41, 5.74) is -0.650. The first-order chi connectivity index (χ1) is 6.35. The van der Waals surface area contributed by atoms with Crippen LogP contribution in [0.2, 0.25) is 0 Å². The van der Waals surface area contributed by atoms with Crippen LogP contribution in [0.1, 0.15) is 34.1 Å². The Morgan fingerprint density at radius 1 is 1.50 bits per heavy atom. The molecular formula is C10H20O3S. The van der Waals surface area contributed by atoms with E-state index in [0.717, 1.165) is 6.42 Å². The number of rotatable bonds is 5. The van der Waals surface area contributed by atoms with Gasteiger partial charge in [0.1, 0.15) is 0 Å². The van der Waals surface area contributed by atoms with Gasteiger partial charge in [-0.2, -0.15) is 0 Å². The Labute approximate surface area is 88.7 Å². The molecule has 0 aliphatic rings. The van der Waals surface area contributed by atoms with Crippen molar-refractivity contribution in [3.05, 3.63) is 0 Å². The van der Waals surface area contributed by atoms with Gasteiger partial charge in [-0.05, 0) is 20.3 Å². The molecule has 2 unspecified atom stereocenters. The Balaban J connectivity index is 4.36. The number of hydrogen-bond acceptors (Lipinski definition) is 3. The summed E-state index contributed by atoms with van der Waals surface area (Å²) in [5.74, 6) is 0.0726. The first-order valence-electron chi connectivity index (χ1n) is 4.80. The Hall–Kier alpha value is -0.380. The summed E-state index contributed by atoms with van der Waals surface area (Å²) >= 11 is 0. The van der Waals surface area contributed by atoms with Gasteiger partial charge in [0.2, 0.25) is 0 Å². The van der Waals surface area contributed by atoms with Crippen molar-refractivity contribution in [3.63, 3.8) is 0 Å². The fourth-order valence-electron chi connectivity index (χ4n) is 1.02. The van der Waals surface area contributed by atoms with Gasteiger partial charge in [0.25, 0.3) is 0 Å². The van der Waals surface area contributed by atoms with E-state index in [0.29, 0.717) is 5.75 Å². The lowest BCUT2D eigenvalue weighted by molar-refractivity contribution is -0.149. The smallest absolute Gasteiger partial charge is 0.312 e. The molecule has 0 saturated carbocycles. The van der Waals surface area contributed by atoms with Crippen LogP contribution in [-0.2, 0) is 20.3 Å². The second-order valence-electron chi connectivity index (χ2n) is 4.12. The number of hydrogen-bond donors (Lipinski definition) is 0. The molecule has 0 amide bonds. The third kappa shape index (κ3) is 3.78. The largest absolute Gasteiger partial charge is 0.469 e. The molecule has 2 atom stereocenters. The lowest BCUT2D eigenvalue weighted by Crippen LogP contribution is -2.33. The van der Waals surface area contributed by atoms with E-state index in [9.17, 15) is 9.00 Å². The van der Waals surface area contributed by atoms with Crippen LogP contribution in [0.15, 0.2) is 0 Å². The highest BCUT2D eigenvalue weighted by molar-refractivity contribution is 7.85. The van der Waals surface area contributed by atoms with Gasteiger partial charge in [0.05, 0.1) is 12.5 Å². The van der Waals surface area contributed by atoms with Crippen LogP contribution in [0, 0.1) is 5.41 Å². The standard InChI is InChI=1S/C10H20O3S/c1-6-8(2)14(12)7-10(3,4)9(11)13-5/h8H,6-7H2,1-5H3. The lowest BCUT2D eigenvalue weighted by Gasteiger charge is -2.22. The summed E-state index contributed by atoms with van der Waals surface area (Å²) in [4.78, 5) is 11.3. The van der Waals surface area contributed by atoms with Gasteiger partial charge in [-0.15, -0.1) is 0 Å². The van der Waals surface area contributed by atoms with E-state index >= 15 is 0 Å². The molecule has 0 rings (SSSR count). The zero-order chi connectivity index (χ0) is 11.4. The Morgan fingerprint density at radius 2 is 2.00 bits per heavy atom. The van der Waals surface area contributed by atoms with Crippen molar-refractivity contribution >= 4 is 16.8 Å². The van der Waals surface area contributed by atoms with Crippen LogP contribution in [0.4, 0.5) is 0 Å². The van der Waals surface area contributed by atoms with Crippen molar-refractivity contribution in [2.45, 2.75) is 39.4 Å². The molecule has 0 fully saturated rings. The van der Waals surface area contributed by atoms with Gasteiger partial charge >= 0.3 is 5.97 Å². The molecule has 0 bridgehead atoms. The Morgan fingerprint density at radius 3 is 2.36 bits per heavy atom. The van der Waals surface area contributed by atoms with Crippen molar-refractivity contribution in [2.24, 2.45) is 5.41 Å². The van der Waals surface area contributed by atoms with Crippen LogP contribution < -0.4 is 0 Å². The molecule has 0 aliphatic heterocycles. The SMILES string of the molecule is CCC(C)S(=O)CC(C)(C)C(=O)OC. The van der Waals surface area contributed by atoms with Gasteiger partial charge in [0.15, 0.2) is 0 Å². The average Bonchev–Trinajstić information content (AvgIpc) is 2.14. The predicted octanol–water partition coefficient (Wildman–Crippen LogP) is 1.73. The van der Waals surface area contributed by atoms with Gasteiger partial charge in [-0.1, -0.05) is 13.8 Å². The fraction of sp³-hybridized carbons (Fsp3) is 0.900. The normalized spacial score (nSPS) is 16.1. The van der Waals surface area contributed by atoms with E-state index in [4.69, 9.17) is 0 Å². The van der Waals surface area contributed by atoms with Crippen molar-refractivity contribution in [3.8, 4) is 0 Å². The minimum absolute atomic E-state index is 0.138. The topological polar surface area (TPSA) is 43.4 Å². The van der Waals surface area contributed by atoms with Crippen LogP contribution >= 0.6 is 0 Å². The van der Waals surface area contributed by atoms with Crippen molar-refractivity contribution in [2.75, 3.05) is 12.9 Å². The Kier molecular flexibility index (Phi) is 5.34. The van der Waals surface area contributed by atoms with E-state index in [1.807, 2.05) is 13.8 Å². The van der Waals surface area contributed by atoms with Crippen molar-refractivity contribution in [1.29, 1.82) is 0 Å². The maximum Gasteiger partial charge on any atom is 0.312 e.